The van der Waals surface area contributed by atoms with Gasteiger partial charge in [-0.05, 0) is 68.5 Å². The lowest BCUT2D eigenvalue weighted by Gasteiger charge is -2.34. The van der Waals surface area contributed by atoms with Gasteiger partial charge in [0.2, 0.25) is 0 Å². The third kappa shape index (κ3) is 2.73. The van der Waals surface area contributed by atoms with Crippen LogP contribution in [0.5, 0.6) is 0 Å². The van der Waals surface area contributed by atoms with Crippen LogP contribution in [0.15, 0.2) is 0 Å². The minimum absolute atomic E-state index is 0.481. The van der Waals surface area contributed by atoms with Crippen LogP contribution in [0.25, 0.3) is 0 Å². The van der Waals surface area contributed by atoms with Gasteiger partial charge in [0.25, 0.3) is 0 Å². The fourth-order valence-corrected chi connectivity index (χ4v) is 3.85. The molecule has 0 aromatic heterocycles. The van der Waals surface area contributed by atoms with E-state index in [0.29, 0.717) is 5.41 Å². The molecule has 0 radical (unpaired) electrons. The van der Waals surface area contributed by atoms with E-state index in [4.69, 9.17) is 4.74 Å². The fourth-order valence-electron chi connectivity index (χ4n) is 3.85. The number of rotatable bonds is 4. The van der Waals surface area contributed by atoms with E-state index in [1.165, 1.54) is 58.3 Å². The van der Waals surface area contributed by atoms with Crippen LogP contribution in [0.1, 0.15) is 39.0 Å². The van der Waals surface area contributed by atoms with Crippen molar-refractivity contribution in [3.63, 3.8) is 0 Å². The molecule has 3 aliphatic rings. The number of ether oxygens (including phenoxy) is 1. The maximum absolute atomic E-state index is 5.46. The van der Waals surface area contributed by atoms with Gasteiger partial charge in [0.15, 0.2) is 0 Å². The Morgan fingerprint density at radius 3 is 2.61 bits per heavy atom. The highest BCUT2D eigenvalue weighted by atomic mass is 16.5. The van der Waals surface area contributed by atoms with Crippen LogP contribution >= 0.6 is 0 Å². The average Bonchev–Trinajstić information content (AvgIpc) is 3.03. The Morgan fingerprint density at radius 1 is 1.17 bits per heavy atom. The SMILES string of the molecule is CC1(CNCC2CC23CCNCC3)CCOCC1. The molecular formula is C15H28N2O. The smallest absolute Gasteiger partial charge is 0.0471 e. The quantitative estimate of drug-likeness (QED) is 0.800. The van der Waals surface area contributed by atoms with E-state index < -0.39 is 0 Å². The van der Waals surface area contributed by atoms with Crippen LogP contribution in [-0.2, 0) is 4.74 Å². The second-order valence-corrected chi connectivity index (χ2v) is 7.07. The van der Waals surface area contributed by atoms with E-state index in [9.17, 15) is 0 Å². The van der Waals surface area contributed by atoms with Crippen molar-refractivity contribution in [2.45, 2.75) is 39.0 Å². The lowest BCUT2D eigenvalue weighted by molar-refractivity contribution is 0.0239. The third-order valence-corrected chi connectivity index (χ3v) is 5.60. The Bertz CT molecular complexity index is 280. The summed E-state index contributed by atoms with van der Waals surface area (Å²) in [6, 6.07) is 0. The highest BCUT2D eigenvalue weighted by Crippen LogP contribution is 2.58. The van der Waals surface area contributed by atoms with Gasteiger partial charge in [0.1, 0.15) is 0 Å². The van der Waals surface area contributed by atoms with Crippen molar-refractivity contribution in [1.82, 2.24) is 10.6 Å². The second-order valence-electron chi connectivity index (χ2n) is 7.07. The largest absolute Gasteiger partial charge is 0.381 e. The number of hydrogen-bond donors (Lipinski definition) is 2. The third-order valence-electron chi connectivity index (χ3n) is 5.60. The van der Waals surface area contributed by atoms with Gasteiger partial charge in [0.05, 0.1) is 0 Å². The first-order chi connectivity index (χ1) is 8.73. The van der Waals surface area contributed by atoms with Crippen LogP contribution in [0.4, 0.5) is 0 Å². The van der Waals surface area contributed by atoms with E-state index in [-0.39, 0.29) is 0 Å². The molecule has 3 heteroatoms. The van der Waals surface area contributed by atoms with Gasteiger partial charge in [-0.1, -0.05) is 6.92 Å². The molecule has 104 valence electrons. The predicted octanol–water partition coefficient (Wildman–Crippen LogP) is 1.78. The van der Waals surface area contributed by atoms with Crippen LogP contribution in [0.2, 0.25) is 0 Å². The molecule has 0 aromatic carbocycles. The number of hydrogen-bond acceptors (Lipinski definition) is 3. The molecule has 1 unspecified atom stereocenters. The standard InChI is InChI=1S/C15H28N2O/c1-14(4-8-18-9-5-14)12-17-11-13-10-15(13)2-6-16-7-3-15/h13,16-17H,2-12H2,1H3. The zero-order chi connectivity index (χ0) is 12.5. The molecule has 0 bridgehead atoms. The summed E-state index contributed by atoms with van der Waals surface area (Å²) in [5.41, 5.74) is 1.21. The normalized spacial score (nSPS) is 33.5. The van der Waals surface area contributed by atoms with Crippen molar-refractivity contribution in [1.29, 1.82) is 0 Å². The van der Waals surface area contributed by atoms with Crippen LogP contribution in [-0.4, -0.2) is 39.4 Å². The second kappa shape index (κ2) is 5.10. The molecule has 0 aromatic rings. The summed E-state index contributed by atoms with van der Waals surface area (Å²) in [6.45, 7) is 9.24. The van der Waals surface area contributed by atoms with Gasteiger partial charge in [-0.3, -0.25) is 0 Å². The fraction of sp³-hybridized carbons (Fsp3) is 1.00. The molecule has 3 nitrogen and oxygen atoms in total. The molecule has 1 aliphatic carbocycles. The maximum atomic E-state index is 5.46. The van der Waals surface area contributed by atoms with Crippen LogP contribution in [0.3, 0.4) is 0 Å². The van der Waals surface area contributed by atoms with E-state index >= 15 is 0 Å². The number of nitrogens with one attached hydrogen (secondary N) is 2. The monoisotopic (exact) mass is 252 g/mol. The van der Waals surface area contributed by atoms with E-state index in [1.807, 2.05) is 0 Å². The van der Waals surface area contributed by atoms with Gasteiger partial charge >= 0.3 is 0 Å². The average molecular weight is 252 g/mol. The molecule has 2 saturated heterocycles. The first-order valence-corrected chi connectivity index (χ1v) is 7.72. The van der Waals surface area contributed by atoms with Crippen molar-refractivity contribution in [3.8, 4) is 0 Å². The maximum Gasteiger partial charge on any atom is 0.0471 e. The summed E-state index contributed by atoms with van der Waals surface area (Å²) < 4.78 is 5.46. The van der Waals surface area contributed by atoms with Gasteiger partial charge in [0, 0.05) is 19.8 Å². The lowest BCUT2D eigenvalue weighted by atomic mass is 9.82. The summed E-state index contributed by atoms with van der Waals surface area (Å²) in [4.78, 5) is 0. The molecule has 0 amide bonds. The molecule has 1 spiro atoms. The molecule has 3 rings (SSSR count). The van der Waals surface area contributed by atoms with Crippen molar-refractivity contribution >= 4 is 0 Å². The summed E-state index contributed by atoms with van der Waals surface area (Å²) in [6.07, 6.45) is 6.73. The Hall–Kier alpha value is -0.120. The summed E-state index contributed by atoms with van der Waals surface area (Å²) in [5.74, 6) is 0.961. The zero-order valence-electron chi connectivity index (χ0n) is 11.8. The van der Waals surface area contributed by atoms with E-state index in [2.05, 4.69) is 17.6 Å². The van der Waals surface area contributed by atoms with E-state index in [0.717, 1.165) is 24.5 Å². The van der Waals surface area contributed by atoms with Crippen LogP contribution in [0, 0.1) is 16.7 Å². The first kappa shape index (κ1) is 12.9. The molecule has 1 atom stereocenters. The van der Waals surface area contributed by atoms with Gasteiger partial charge in [-0.25, -0.2) is 0 Å². The molecular weight excluding hydrogens is 224 g/mol. The van der Waals surface area contributed by atoms with E-state index in [1.54, 1.807) is 0 Å². The highest BCUT2D eigenvalue weighted by molar-refractivity contribution is 5.05. The number of piperidine rings is 1. The highest BCUT2D eigenvalue weighted by Gasteiger charge is 2.53. The molecule has 18 heavy (non-hydrogen) atoms. The minimum Gasteiger partial charge on any atom is -0.381 e. The summed E-state index contributed by atoms with van der Waals surface area (Å²) in [7, 11) is 0. The minimum atomic E-state index is 0.481. The molecule has 2 N–H and O–H groups in total. The summed E-state index contributed by atoms with van der Waals surface area (Å²) >= 11 is 0. The van der Waals surface area contributed by atoms with Crippen molar-refractivity contribution in [3.05, 3.63) is 0 Å². The van der Waals surface area contributed by atoms with Crippen molar-refractivity contribution in [2.24, 2.45) is 16.7 Å². The van der Waals surface area contributed by atoms with Gasteiger partial charge in [-0.15, -0.1) is 0 Å². The topological polar surface area (TPSA) is 33.3 Å². The van der Waals surface area contributed by atoms with Crippen molar-refractivity contribution < 1.29 is 4.74 Å². The molecule has 1 saturated carbocycles. The Balaban J connectivity index is 1.38. The van der Waals surface area contributed by atoms with Gasteiger partial charge in [-0.2, -0.15) is 0 Å². The van der Waals surface area contributed by atoms with Gasteiger partial charge < -0.3 is 15.4 Å². The summed E-state index contributed by atoms with van der Waals surface area (Å²) in [5, 5.41) is 7.23. The Morgan fingerprint density at radius 2 is 1.89 bits per heavy atom. The Kier molecular flexibility index (Phi) is 3.65. The molecule has 2 aliphatic heterocycles. The predicted molar refractivity (Wildman–Crippen MR) is 73.7 cm³/mol. The van der Waals surface area contributed by atoms with Crippen molar-refractivity contribution in [2.75, 3.05) is 39.4 Å². The Labute approximate surface area is 111 Å². The first-order valence-electron chi connectivity index (χ1n) is 7.72. The molecule has 2 heterocycles. The lowest BCUT2D eigenvalue weighted by Crippen LogP contribution is -2.38. The zero-order valence-corrected chi connectivity index (χ0v) is 11.8. The van der Waals surface area contributed by atoms with Crippen LogP contribution < -0.4 is 10.6 Å². The molecule has 3 fully saturated rings.